The lowest BCUT2D eigenvalue weighted by molar-refractivity contribution is 0.101. The molecule has 2 aromatic rings. The zero-order valence-corrected chi connectivity index (χ0v) is 12.0. The maximum Gasteiger partial charge on any atom is 0.159 e. The minimum atomic E-state index is 0.0646. The highest BCUT2D eigenvalue weighted by Crippen LogP contribution is 2.21. The normalized spacial score (nSPS) is 10.2. The highest BCUT2D eigenvalue weighted by molar-refractivity contribution is 5.94. The van der Waals surface area contributed by atoms with E-state index in [1.165, 1.54) is 0 Å². The van der Waals surface area contributed by atoms with Gasteiger partial charge in [0.2, 0.25) is 0 Å². The van der Waals surface area contributed by atoms with E-state index >= 15 is 0 Å². The SMILES string of the molecule is COc1ccc(COc2ccc(C(C)=O)cc2C)cc1. The Hall–Kier alpha value is -2.29. The molecule has 0 radical (unpaired) electrons. The second kappa shape index (κ2) is 6.24. The molecule has 0 N–H and O–H groups in total. The van der Waals surface area contributed by atoms with Crippen LogP contribution < -0.4 is 9.47 Å². The second-order valence-corrected chi connectivity index (χ2v) is 4.67. The van der Waals surface area contributed by atoms with Crippen molar-refractivity contribution in [3.8, 4) is 11.5 Å². The summed E-state index contributed by atoms with van der Waals surface area (Å²) in [5.41, 5.74) is 2.74. The molecule has 3 nitrogen and oxygen atoms in total. The van der Waals surface area contributed by atoms with E-state index in [9.17, 15) is 4.79 Å². The van der Waals surface area contributed by atoms with Crippen molar-refractivity contribution < 1.29 is 14.3 Å². The molecule has 0 atom stereocenters. The monoisotopic (exact) mass is 270 g/mol. The first kappa shape index (κ1) is 14.1. The Labute approximate surface area is 119 Å². The lowest BCUT2D eigenvalue weighted by Gasteiger charge is -2.10. The van der Waals surface area contributed by atoms with Gasteiger partial charge in [-0.25, -0.2) is 0 Å². The Kier molecular flexibility index (Phi) is 4.41. The van der Waals surface area contributed by atoms with Crippen LogP contribution in [0.4, 0.5) is 0 Å². The Bertz CT molecular complexity index is 600. The summed E-state index contributed by atoms with van der Waals surface area (Å²) in [7, 11) is 1.64. The largest absolute Gasteiger partial charge is 0.497 e. The predicted octanol–water partition coefficient (Wildman–Crippen LogP) is 3.79. The summed E-state index contributed by atoms with van der Waals surface area (Å²) in [6.45, 7) is 3.99. The number of carbonyl (C=O) groups is 1. The summed E-state index contributed by atoms with van der Waals surface area (Å²) >= 11 is 0. The average molecular weight is 270 g/mol. The molecule has 0 spiro atoms. The smallest absolute Gasteiger partial charge is 0.159 e. The summed E-state index contributed by atoms with van der Waals surface area (Å²) in [6.07, 6.45) is 0. The van der Waals surface area contributed by atoms with E-state index in [2.05, 4.69) is 0 Å². The Balaban J connectivity index is 2.04. The van der Waals surface area contributed by atoms with Crippen LogP contribution in [0.15, 0.2) is 42.5 Å². The molecule has 0 unspecified atom stereocenters. The van der Waals surface area contributed by atoms with Gasteiger partial charge in [0.25, 0.3) is 0 Å². The van der Waals surface area contributed by atoms with Gasteiger partial charge in [-0.15, -0.1) is 0 Å². The van der Waals surface area contributed by atoms with E-state index in [0.29, 0.717) is 12.2 Å². The van der Waals surface area contributed by atoms with Crippen molar-refractivity contribution in [3.05, 3.63) is 59.2 Å². The number of benzene rings is 2. The molecule has 2 aromatic carbocycles. The molecule has 0 bridgehead atoms. The molecule has 0 heterocycles. The zero-order chi connectivity index (χ0) is 14.5. The Morgan fingerprint density at radius 1 is 1.10 bits per heavy atom. The first-order chi connectivity index (χ1) is 9.60. The van der Waals surface area contributed by atoms with Gasteiger partial charge in [-0.3, -0.25) is 4.79 Å². The topological polar surface area (TPSA) is 35.5 Å². The van der Waals surface area contributed by atoms with E-state index in [0.717, 1.165) is 22.6 Å². The number of hydrogen-bond donors (Lipinski definition) is 0. The standard InChI is InChI=1S/C17H18O3/c1-12-10-15(13(2)18)6-9-17(12)20-11-14-4-7-16(19-3)8-5-14/h4-10H,11H2,1-3H3. The van der Waals surface area contributed by atoms with Crippen LogP contribution in [-0.2, 0) is 6.61 Å². The van der Waals surface area contributed by atoms with Crippen molar-refractivity contribution in [2.45, 2.75) is 20.5 Å². The molecular weight excluding hydrogens is 252 g/mol. The molecular formula is C17H18O3. The van der Waals surface area contributed by atoms with E-state index in [1.807, 2.05) is 43.3 Å². The molecule has 0 aliphatic carbocycles. The molecule has 0 saturated heterocycles. The van der Waals surface area contributed by atoms with Crippen LogP contribution in [0.1, 0.15) is 28.4 Å². The van der Waals surface area contributed by atoms with Crippen LogP contribution in [0, 0.1) is 6.92 Å². The molecule has 0 amide bonds. The van der Waals surface area contributed by atoms with Crippen molar-refractivity contribution in [2.75, 3.05) is 7.11 Å². The number of hydrogen-bond acceptors (Lipinski definition) is 3. The van der Waals surface area contributed by atoms with Gasteiger partial charge in [0.1, 0.15) is 18.1 Å². The fraction of sp³-hybridized carbons (Fsp3) is 0.235. The molecule has 0 aliphatic rings. The third-order valence-corrected chi connectivity index (χ3v) is 3.13. The van der Waals surface area contributed by atoms with Crippen LogP contribution in [0.2, 0.25) is 0 Å². The number of aryl methyl sites for hydroxylation is 1. The molecule has 3 heteroatoms. The van der Waals surface area contributed by atoms with Gasteiger partial charge < -0.3 is 9.47 Å². The van der Waals surface area contributed by atoms with Gasteiger partial charge in [0.05, 0.1) is 7.11 Å². The first-order valence-corrected chi connectivity index (χ1v) is 6.47. The second-order valence-electron chi connectivity index (χ2n) is 4.67. The fourth-order valence-electron chi connectivity index (χ4n) is 1.91. The summed E-state index contributed by atoms with van der Waals surface area (Å²) in [4.78, 5) is 11.3. The summed E-state index contributed by atoms with van der Waals surface area (Å²) in [5, 5.41) is 0. The summed E-state index contributed by atoms with van der Waals surface area (Å²) in [6, 6.07) is 13.2. The van der Waals surface area contributed by atoms with Gasteiger partial charge in [-0.1, -0.05) is 12.1 Å². The van der Waals surface area contributed by atoms with Crippen LogP contribution in [0.3, 0.4) is 0 Å². The number of ether oxygens (including phenoxy) is 2. The third kappa shape index (κ3) is 3.38. The highest BCUT2D eigenvalue weighted by Gasteiger charge is 2.05. The van der Waals surface area contributed by atoms with E-state index in [1.54, 1.807) is 20.1 Å². The van der Waals surface area contributed by atoms with Crippen LogP contribution in [0.5, 0.6) is 11.5 Å². The summed E-state index contributed by atoms with van der Waals surface area (Å²) in [5.74, 6) is 1.69. The van der Waals surface area contributed by atoms with Crippen molar-refractivity contribution in [1.29, 1.82) is 0 Å². The van der Waals surface area contributed by atoms with E-state index < -0.39 is 0 Å². The highest BCUT2D eigenvalue weighted by atomic mass is 16.5. The number of carbonyl (C=O) groups excluding carboxylic acids is 1. The Morgan fingerprint density at radius 3 is 2.35 bits per heavy atom. The van der Waals surface area contributed by atoms with Gasteiger partial charge >= 0.3 is 0 Å². The molecule has 2 rings (SSSR count). The van der Waals surface area contributed by atoms with Crippen molar-refractivity contribution in [2.24, 2.45) is 0 Å². The molecule has 0 saturated carbocycles. The van der Waals surface area contributed by atoms with E-state index in [-0.39, 0.29) is 5.78 Å². The lowest BCUT2D eigenvalue weighted by atomic mass is 10.1. The van der Waals surface area contributed by atoms with Gasteiger partial charge in [0, 0.05) is 5.56 Å². The quantitative estimate of drug-likeness (QED) is 0.775. The minimum absolute atomic E-state index is 0.0646. The van der Waals surface area contributed by atoms with Crippen molar-refractivity contribution in [1.82, 2.24) is 0 Å². The van der Waals surface area contributed by atoms with Crippen LogP contribution in [-0.4, -0.2) is 12.9 Å². The number of Topliss-reactive ketones (excluding diaryl/α,β-unsaturated/α-hetero) is 1. The summed E-state index contributed by atoms with van der Waals surface area (Å²) < 4.78 is 10.9. The van der Waals surface area contributed by atoms with Crippen LogP contribution >= 0.6 is 0 Å². The Morgan fingerprint density at radius 2 is 1.80 bits per heavy atom. The number of ketones is 1. The van der Waals surface area contributed by atoms with Gasteiger partial charge in [0.15, 0.2) is 5.78 Å². The first-order valence-electron chi connectivity index (χ1n) is 6.47. The molecule has 20 heavy (non-hydrogen) atoms. The maximum absolute atomic E-state index is 11.3. The molecule has 104 valence electrons. The van der Waals surface area contributed by atoms with Crippen molar-refractivity contribution >= 4 is 5.78 Å². The van der Waals surface area contributed by atoms with Crippen molar-refractivity contribution in [3.63, 3.8) is 0 Å². The zero-order valence-electron chi connectivity index (χ0n) is 12.0. The fourth-order valence-corrected chi connectivity index (χ4v) is 1.91. The third-order valence-electron chi connectivity index (χ3n) is 3.13. The van der Waals surface area contributed by atoms with Gasteiger partial charge in [-0.2, -0.15) is 0 Å². The lowest BCUT2D eigenvalue weighted by Crippen LogP contribution is -1.99. The van der Waals surface area contributed by atoms with Crippen LogP contribution in [0.25, 0.3) is 0 Å². The molecule has 0 fully saturated rings. The van der Waals surface area contributed by atoms with E-state index in [4.69, 9.17) is 9.47 Å². The minimum Gasteiger partial charge on any atom is -0.497 e. The number of methoxy groups -OCH3 is 1. The predicted molar refractivity (Wildman–Crippen MR) is 78.5 cm³/mol. The maximum atomic E-state index is 11.3. The number of rotatable bonds is 5. The average Bonchev–Trinajstić information content (AvgIpc) is 2.46. The van der Waals surface area contributed by atoms with Gasteiger partial charge in [-0.05, 0) is 55.3 Å². The molecule has 0 aromatic heterocycles. The molecule has 0 aliphatic heterocycles.